The number of ether oxygens (including phenoxy) is 1. The topological polar surface area (TPSA) is 26.3 Å². The Labute approximate surface area is 105 Å². The minimum atomic E-state index is -0.473. The molecule has 96 valence electrons. The van der Waals surface area contributed by atoms with Gasteiger partial charge >= 0.3 is 5.97 Å². The lowest BCUT2D eigenvalue weighted by Gasteiger charge is -2.44. The Bertz CT molecular complexity index is 295. The highest BCUT2D eigenvalue weighted by Crippen LogP contribution is 2.43. The predicted molar refractivity (Wildman–Crippen MR) is 70.6 cm³/mol. The Morgan fingerprint density at radius 2 is 2.24 bits per heavy atom. The zero-order chi connectivity index (χ0) is 12.9. The third-order valence-corrected chi connectivity index (χ3v) is 4.09. The Morgan fingerprint density at radius 1 is 1.53 bits per heavy atom. The largest absolute Gasteiger partial charge is 0.451 e. The van der Waals surface area contributed by atoms with Crippen LogP contribution >= 0.6 is 0 Å². The Hall–Kier alpha value is -1.05. The van der Waals surface area contributed by atoms with Gasteiger partial charge in [-0.15, -0.1) is 0 Å². The Balaban J connectivity index is 2.93. The molecule has 0 aromatic carbocycles. The van der Waals surface area contributed by atoms with Gasteiger partial charge in [-0.3, -0.25) is 0 Å². The molecule has 0 radical (unpaired) electrons. The van der Waals surface area contributed by atoms with Gasteiger partial charge in [0.1, 0.15) is 5.60 Å². The Kier molecular flexibility index (Phi) is 4.98. The molecular weight excluding hydrogens is 212 g/mol. The van der Waals surface area contributed by atoms with E-state index in [1.54, 1.807) is 0 Å². The van der Waals surface area contributed by atoms with Crippen LogP contribution in [0, 0.1) is 11.8 Å². The fourth-order valence-electron chi connectivity index (χ4n) is 2.90. The lowest BCUT2D eigenvalue weighted by Crippen LogP contribution is -2.45. The summed E-state index contributed by atoms with van der Waals surface area (Å²) < 4.78 is 5.64. The van der Waals surface area contributed by atoms with Crippen LogP contribution in [-0.2, 0) is 9.53 Å². The van der Waals surface area contributed by atoms with E-state index in [0.29, 0.717) is 11.8 Å². The van der Waals surface area contributed by atoms with Crippen LogP contribution in [0.2, 0.25) is 0 Å². The summed E-state index contributed by atoms with van der Waals surface area (Å²) in [7, 11) is 0. The molecule has 3 unspecified atom stereocenters. The fourth-order valence-corrected chi connectivity index (χ4v) is 2.90. The van der Waals surface area contributed by atoms with E-state index in [1.807, 2.05) is 6.08 Å². The summed E-state index contributed by atoms with van der Waals surface area (Å²) in [6.45, 7) is 11.8. The molecule has 2 heteroatoms. The first-order valence-electron chi connectivity index (χ1n) is 6.58. The van der Waals surface area contributed by atoms with Gasteiger partial charge in [0, 0.05) is 12.0 Å². The molecule has 1 rings (SSSR count). The first-order chi connectivity index (χ1) is 8.09. The van der Waals surface area contributed by atoms with Crippen LogP contribution in [0.5, 0.6) is 0 Å². The van der Waals surface area contributed by atoms with Gasteiger partial charge in [-0.1, -0.05) is 39.8 Å². The summed E-state index contributed by atoms with van der Waals surface area (Å²) in [5, 5.41) is 0. The summed E-state index contributed by atoms with van der Waals surface area (Å²) in [4.78, 5) is 11.5. The average molecular weight is 236 g/mol. The molecule has 1 aliphatic carbocycles. The molecule has 0 amide bonds. The normalized spacial score (nSPS) is 30.4. The minimum absolute atomic E-state index is 0.333. The van der Waals surface area contributed by atoms with Gasteiger partial charge in [0.2, 0.25) is 0 Å². The minimum Gasteiger partial charge on any atom is -0.451 e. The van der Waals surface area contributed by atoms with Gasteiger partial charge in [0.05, 0.1) is 0 Å². The molecule has 0 aliphatic heterocycles. The third-order valence-electron chi connectivity index (χ3n) is 4.09. The van der Waals surface area contributed by atoms with Crippen LogP contribution in [0.1, 0.15) is 46.0 Å². The first-order valence-corrected chi connectivity index (χ1v) is 6.58. The summed E-state index contributed by atoms with van der Waals surface area (Å²) in [6, 6.07) is 0. The number of hydrogen-bond donors (Lipinski definition) is 0. The number of rotatable bonds is 5. The molecule has 0 aromatic rings. The number of carbonyl (C=O) groups excluding carboxylic acids is 1. The van der Waals surface area contributed by atoms with E-state index in [4.69, 9.17) is 4.74 Å². The molecule has 2 nitrogen and oxygen atoms in total. The van der Waals surface area contributed by atoms with Gasteiger partial charge in [-0.25, -0.2) is 4.79 Å². The van der Waals surface area contributed by atoms with Crippen LogP contribution in [0.15, 0.2) is 25.3 Å². The van der Waals surface area contributed by atoms with E-state index in [9.17, 15) is 4.79 Å². The number of hydrogen-bond acceptors (Lipinski definition) is 2. The molecule has 0 heterocycles. The van der Waals surface area contributed by atoms with E-state index in [1.165, 1.54) is 12.5 Å². The lowest BCUT2D eigenvalue weighted by molar-refractivity contribution is -0.159. The van der Waals surface area contributed by atoms with Gasteiger partial charge in [0.15, 0.2) is 0 Å². The average Bonchev–Trinajstić information content (AvgIpc) is 2.38. The second-order valence-electron chi connectivity index (χ2n) is 5.02. The number of esters is 1. The second-order valence-corrected chi connectivity index (χ2v) is 5.02. The van der Waals surface area contributed by atoms with Crippen molar-refractivity contribution in [2.24, 2.45) is 11.8 Å². The summed E-state index contributed by atoms with van der Waals surface area (Å²) in [6.07, 6.45) is 8.51. The van der Waals surface area contributed by atoms with E-state index in [0.717, 1.165) is 25.7 Å². The van der Waals surface area contributed by atoms with Crippen molar-refractivity contribution < 1.29 is 9.53 Å². The van der Waals surface area contributed by atoms with Crippen molar-refractivity contribution in [3.05, 3.63) is 25.3 Å². The van der Waals surface area contributed by atoms with E-state index in [2.05, 4.69) is 27.0 Å². The molecule has 3 atom stereocenters. The molecule has 1 saturated carbocycles. The van der Waals surface area contributed by atoms with Gasteiger partial charge < -0.3 is 4.74 Å². The van der Waals surface area contributed by atoms with Gasteiger partial charge in [0.25, 0.3) is 0 Å². The molecule has 1 fully saturated rings. The van der Waals surface area contributed by atoms with Crippen LogP contribution in [0.3, 0.4) is 0 Å². The van der Waals surface area contributed by atoms with Crippen molar-refractivity contribution in [2.45, 2.75) is 51.6 Å². The van der Waals surface area contributed by atoms with Crippen molar-refractivity contribution in [3.8, 4) is 0 Å². The summed E-state index contributed by atoms with van der Waals surface area (Å²) in [5.74, 6) is 0.605. The van der Waals surface area contributed by atoms with Crippen molar-refractivity contribution in [1.82, 2.24) is 0 Å². The summed E-state index contributed by atoms with van der Waals surface area (Å²) >= 11 is 0. The molecule has 0 aromatic heterocycles. The maximum absolute atomic E-state index is 11.5. The zero-order valence-electron chi connectivity index (χ0n) is 11.1. The maximum atomic E-state index is 11.5. The van der Waals surface area contributed by atoms with E-state index < -0.39 is 5.60 Å². The molecular formula is C15H24O2. The molecule has 0 N–H and O–H groups in total. The van der Waals surface area contributed by atoms with Crippen LogP contribution < -0.4 is 0 Å². The molecule has 0 bridgehead atoms. The fraction of sp³-hybridized carbons (Fsp3) is 0.667. The highest BCUT2D eigenvalue weighted by atomic mass is 16.6. The van der Waals surface area contributed by atoms with E-state index >= 15 is 0 Å². The van der Waals surface area contributed by atoms with Gasteiger partial charge in [-0.2, -0.15) is 0 Å². The highest BCUT2D eigenvalue weighted by Gasteiger charge is 2.43. The maximum Gasteiger partial charge on any atom is 0.331 e. The standard InChI is InChI=1S/C15H24O2/c1-5-12(4)13-10-8-9-11-15(13,7-3)17-14(16)6-2/h6-7,12-13H,2-3,5,8-11H2,1,4H3. The van der Waals surface area contributed by atoms with Crippen molar-refractivity contribution >= 4 is 5.97 Å². The number of carbonyl (C=O) groups is 1. The third kappa shape index (κ3) is 2.99. The highest BCUT2D eigenvalue weighted by molar-refractivity contribution is 5.81. The van der Waals surface area contributed by atoms with Gasteiger partial charge in [-0.05, 0) is 31.3 Å². The second kappa shape index (κ2) is 6.04. The summed E-state index contributed by atoms with van der Waals surface area (Å²) in [5.41, 5.74) is -0.473. The monoisotopic (exact) mass is 236 g/mol. The van der Waals surface area contributed by atoms with Crippen LogP contribution in [0.4, 0.5) is 0 Å². The Morgan fingerprint density at radius 3 is 2.76 bits per heavy atom. The van der Waals surface area contributed by atoms with Crippen LogP contribution in [0.25, 0.3) is 0 Å². The first kappa shape index (κ1) is 14.0. The van der Waals surface area contributed by atoms with Crippen molar-refractivity contribution in [3.63, 3.8) is 0 Å². The molecule has 0 spiro atoms. The zero-order valence-corrected chi connectivity index (χ0v) is 11.1. The SMILES string of the molecule is C=CC(=O)OC1(C=C)CCCCC1C(C)CC. The molecule has 1 aliphatic rings. The lowest BCUT2D eigenvalue weighted by atomic mass is 9.69. The van der Waals surface area contributed by atoms with Crippen molar-refractivity contribution in [2.75, 3.05) is 0 Å². The van der Waals surface area contributed by atoms with E-state index in [-0.39, 0.29) is 5.97 Å². The van der Waals surface area contributed by atoms with Crippen LogP contribution in [-0.4, -0.2) is 11.6 Å². The smallest absolute Gasteiger partial charge is 0.331 e. The predicted octanol–water partition coefficient (Wildman–Crippen LogP) is 3.88. The quantitative estimate of drug-likeness (QED) is 0.411. The molecule has 0 saturated heterocycles. The van der Waals surface area contributed by atoms with Crippen molar-refractivity contribution in [1.29, 1.82) is 0 Å². The molecule has 17 heavy (non-hydrogen) atoms.